The molecular weight excluding hydrogens is 388 g/mol. The summed E-state index contributed by atoms with van der Waals surface area (Å²) in [5.74, 6) is -0.206. The molecule has 1 aliphatic heterocycles. The number of amides is 2. The van der Waals surface area contributed by atoms with Crippen molar-refractivity contribution < 1.29 is 27.5 Å². The molecule has 1 aliphatic carbocycles. The van der Waals surface area contributed by atoms with Crippen molar-refractivity contribution in [2.75, 3.05) is 18.4 Å². The normalized spacial score (nSPS) is 26.4. The zero-order valence-electron chi connectivity index (χ0n) is 15.4. The Bertz CT molecular complexity index is 900. The number of carbonyl (C=O) groups is 1. The summed E-state index contributed by atoms with van der Waals surface area (Å²) in [6.45, 7) is 0.831. The minimum absolute atomic E-state index is 0.0808. The van der Waals surface area contributed by atoms with Crippen LogP contribution in [0.25, 0.3) is 0 Å². The summed E-state index contributed by atoms with van der Waals surface area (Å²) in [5.41, 5.74) is -1.12. The first kappa shape index (κ1) is 19.7. The van der Waals surface area contributed by atoms with Crippen molar-refractivity contribution in [1.29, 1.82) is 0 Å². The van der Waals surface area contributed by atoms with E-state index in [4.69, 9.17) is 0 Å². The quantitative estimate of drug-likeness (QED) is 0.714. The molecule has 2 N–H and O–H groups in total. The van der Waals surface area contributed by atoms with Gasteiger partial charge in [-0.15, -0.1) is 0 Å². The molecule has 0 bridgehead atoms. The average Bonchev–Trinajstić information content (AvgIpc) is 3.17. The molecule has 2 atom stereocenters. The molecule has 29 heavy (non-hydrogen) atoms. The van der Waals surface area contributed by atoms with Gasteiger partial charge in [-0.05, 0) is 60.6 Å². The Morgan fingerprint density at radius 1 is 1.07 bits per heavy atom. The van der Waals surface area contributed by atoms with Gasteiger partial charge in [-0.3, -0.25) is 0 Å². The zero-order chi connectivity index (χ0) is 20.8. The van der Waals surface area contributed by atoms with Crippen molar-refractivity contribution in [2.45, 2.75) is 24.6 Å². The maximum Gasteiger partial charge on any atom is 0.416 e. The molecule has 2 unspecified atom stereocenters. The number of rotatable bonds is 2. The first-order valence-corrected chi connectivity index (χ1v) is 9.36. The van der Waals surface area contributed by atoms with Gasteiger partial charge in [-0.25, -0.2) is 9.18 Å². The molecule has 154 valence electrons. The lowest BCUT2D eigenvalue weighted by Crippen LogP contribution is -2.35. The summed E-state index contributed by atoms with van der Waals surface area (Å²) >= 11 is 0. The highest BCUT2D eigenvalue weighted by molar-refractivity contribution is 5.89. The van der Waals surface area contributed by atoms with Crippen LogP contribution in [0, 0.1) is 17.7 Å². The van der Waals surface area contributed by atoms with E-state index in [1.54, 1.807) is 17.0 Å². The first-order chi connectivity index (χ1) is 13.6. The molecular formula is C21H20F4N2O2. The average molecular weight is 408 g/mol. The van der Waals surface area contributed by atoms with Crippen molar-refractivity contribution >= 4 is 11.7 Å². The topological polar surface area (TPSA) is 52.6 Å². The number of nitrogens with zero attached hydrogens (tertiary/aromatic N) is 1. The summed E-state index contributed by atoms with van der Waals surface area (Å²) < 4.78 is 51.6. The van der Waals surface area contributed by atoms with Crippen LogP contribution in [0.4, 0.5) is 28.0 Å². The number of hydrogen-bond acceptors (Lipinski definition) is 2. The minimum atomic E-state index is -4.48. The predicted molar refractivity (Wildman–Crippen MR) is 98.5 cm³/mol. The summed E-state index contributed by atoms with van der Waals surface area (Å²) in [4.78, 5) is 14.1. The number of halogens is 4. The second kappa shape index (κ2) is 7.02. The third-order valence-electron chi connectivity index (χ3n) is 5.89. The van der Waals surface area contributed by atoms with Gasteiger partial charge in [-0.1, -0.05) is 18.2 Å². The van der Waals surface area contributed by atoms with Crippen LogP contribution in [-0.4, -0.2) is 29.1 Å². The number of benzene rings is 2. The van der Waals surface area contributed by atoms with Gasteiger partial charge in [0.05, 0.1) is 11.2 Å². The van der Waals surface area contributed by atoms with Gasteiger partial charge < -0.3 is 15.3 Å². The molecule has 4 nitrogen and oxygen atoms in total. The van der Waals surface area contributed by atoms with E-state index >= 15 is 0 Å². The number of alkyl halides is 3. The fourth-order valence-electron chi connectivity index (χ4n) is 4.49. The van der Waals surface area contributed by atoms with Gasteiger partial charge in [-0.2, -0.15) is 13.2 Å². The number of carbonyl (C=O) groups excluding carboxylic acids is 1. The van der Waals surface area contributed by atoms with Crippen molar-refractivity contribution in [3.05, 3.63) is 65.5 Å². The Kier molecular flexibility index (Phi) is 4.77. The Balaban J connectivity index is 1.39. The molecule has 0 aromatic heterocycles. The van der Waals surface area contributed by atoms with E-state index in [1.807, 2.05) is 0 Å². The lowest BCUT2D eigenvalue weighted by molar-refractivity contribution is -0.137. The molecule has 2 amide bonds. The van der Waals surface area contributed by atoms with E-state index in [0.29, 0.717) is 31.5 Å². The number of likely N-dealkylation sites (tertiary alicyclic amines) is 1. The number of hydrogen-bond donors (Lipinski definition) is 2. The fourth-order valence-corrected chi connectivity index (χ4v) is 4.49. The van der Waals surface area contributed by atoms with E-state index in [9.17, 15) is 27.5 Å². The maximum atomic E-state index is 13.1. The Labute approximate surface area is 165 Å². The summed E-state index contributed by atoms with van der Waals surface area (Å²) in [6, 6.07) is 9.85. The van der Waals surface area contributed by atoms with Gasteiger partial charge >= 0.3 is 12.2 Å². The van der Waals surface area contributed by atoms with Crippen LogP contribution in [0.1, 0.15) is 24.0 Å². The highest BCUT2D eigenvalue weighted by Gasteiger charge is 2.49. The summed E-state index contributed by atoms with van der Waals surface area (Å²) in [7, 11) is 0. The van der Waals surface area contributed by atoms with Crippen LogP contribution in [0.15, 0.2) is 48.5 Å². The lowest BCUT2D eigenvalue weighted by atomic mass is 9.90. The predicted octanol–water partition coefficient (Wildman–Crippen LogP) is 4.61. The SMILES string of the molecule is O=C(Nc1cccc(C(F)(F)F)c1)N1CC2CC(O)(c3ccc(F)cc3)CC2C1. The van der Waals surface area contributed by atoms with Crippen LogP contribution in [0.3, 0.4) is 0 Å². The second-order valence-corrected chi connectivity index (χ2v) is 7.88. The number of nitrogens with one attached hydrogen (secondary N) is 1. The highest BCUT2D eigenvalue weighted by atomic mass is 19.4. The van der Waals surface area contributed by atoms with Gasteiger partial charge in [0, 0.05) is 18.8 Å². The van der Waals surface area contributed by atoms with Crippen LogP contribution in [0.5, 0.6) is 0 Å². The van der Waals surface area contributed by atoms with Crippen molar-refractivity contribution in [3.8, 4) is 0 Å². The Morgan fingerprint density at radius 3 is 2.28 bits per heavy atom. The molecule has 2 fully saturated rings. The Hall–Kier alpha value is -2.61. The second-order valence-electron chi connectivity index (χ2n) is 7.88. The van der Waals surface area contributed by atoms with Crippen LogP contribution >= 0.6 is 0 Å². The van der Waals surface area contributed by atoms with Crippen molar-refractivity contribution in [2.24, 2.45) is 11.8 Å². The van der Waals surface area contributed by atoms with E-state index in [0.717, 1.165) is 12.1 Å². The molecule has 1 saturated carbocycles. The van der Waals surface area contributed by atoms with Crippen LogP contribution < -0.4 is 5.32 Å². The number of urea groups is 1. The lowest BCUT2D eigenvalue weighted by Gasteiger charge is -2.26. The third kappa shape index (κ3) is 3.94. The monoisotopic (exact) mass is 408 g/mol. The fraction of sp³-hybridized carbons (Fsp3) is 0.381. The highest BCUT2D eigenvalue weighted by Crippen LogP contribution is 2.49. The molecule has 1 saturated heterocycles. The molecule has 0 spiro atoms. The number of anilines is 1. The Morgan fingerprint density at radius 2 is 1.69 bits per heavy atom. The van der Waals surface area contributed by atoms with Gasteiger partial charge in [0.15, 0.2) is 0 Å². The molecule has 1 heterocycles. The molecule has 2 aliphatic rings. The third-order valence-corrected chi connectivity index (χ3v) is 5.89. The van der Waals surface area contributed by atoms with Crippen LogP contribution in [0.2, 0.25) is 0 Å². The standard InChI is InChI=1S/C21H20F4N2O2/c22-17-6-4-15(5-7-17)20(29)9-13-11-27(12-14(13)10-20)19(28)26-18-3-1-2-16(8-18)21(23,24)25/h1-8,13-14,29H,9-12H2,(H,26,28). The molecule has 2 aromatic carbocycles. The van der Waals surface area contributed by atoms with Gasteiger partial charge in [0.2, 0.25) is 0 Å². The molecule has 0 radical (unpaired) electrons. The molecule has 2 aromatic rings. The summed E-state index contributed by atoms with van der Waals surface area (Å²) in [6.07, 6.45) is -3.57. The first-order valence-electron chi connectivity index (χ1n) is 9.36. The smallest absolute Gasteiger partial charge is 0.385 e. The van der Waals surface area contributed by atoms with E-state index < -0.39 is 23.4 Å². The number of fused-ring (bicyclic) bond motifs is 1. The van der Waals surface area contributed by atoms with Crippen LogP contribution in [-0.2, 0) is 11.8 Å². The molecule has 4 rings (SSSR count). The number of aliphatic hydroxyl groups is 1. The molecule has 8 heteroatoms. The maximum absolute atomic E-state index is 13.1. The minimum Gasteiger partial charge on any atom is -0.385 e. The van der Waals surface area contributed by atoms with Gasteiger partial charge in [0.25, 0.3) is 0 Å². The van der Waals surface area contributed by atoms with Crippen molar-refractivity contribution in [1.82, 2.24) is 4.90 Å². The van der Waals surface area contributed by atoms with E-state index in [2.05, 4.69) is 5.32 Å². The summed E-state index contributed by atoms with van der Waals surface area (Å²) in [5, 5.41) is 13.5. The zero-order valence-corrected chi connectivity index (χ0v) is 15.4. The van der Waals surface area contributed by atoms with E-state index in [-0.39, 0.29) is 23.3 Å². The van der Waals surface area contributed by atoms with Crippen molar-refractivity contribution in [3.63, 3.8) is 0 Å². The van der Waals surface area contributed by atoms with E-state index in [1.165, 1.54) is 24.3 Å². The van der Waals surface area contributed by atoms with Gasteiger partial charge in [0.1, 0.15) is 5.82 Å². The largest absolute Gasteiger partial charge is 0.416 e.